The van der Waals surface area contributed by atoms with Gasteiger partial charge in [-0.15, -0.1) is 0 Å². The summed E-state index contributed by atoms with van der Waals surface area (Å²) in [6, 6.07) is 11.5. The van der Waals surface area contributed by atoms with Crippen molar-refractivity contribution < 1.29 is 13.9 Å². The average molecular weight is 380 g/mol. The molecule has 0 aliphatic rings. The quantitative estimate of drug-likeness (QED) is 0.827. The molecule has 2 atom stereocenters. The van der Waals surface area contributed by atoms with Gasteiger partial charge < -0.3 is 10.1 Å². The van der Waals surface area contributed by atoms with Gasteiger partial charge in [-0.05, 0) is 72.1 Å². The largest absolute Gasteiger partial charge is 0.480 e. The fourth-order valence-electron chi connectivity index (χ4n) is 2.11. The van der Waals surface area contributed by atoms with Crippen LogP contribution in [-0.4, -0.2) is 12.0 Å². The first kappa shape index (κ1) is 17.5. The molecule has 2 aromatic rings. The number of aryl methyl sites for hydroxylation is 1. The zero-order valence-corrected chi connectivity index (χ0v) is 14.9. The topological polar surface area (TPSA) is 38.3 Å². The van der Waals surface area contributed by atoms with Crippen molar-refractivity contribution in [2.24, 2.45) is 0 Å². The van der Waals surface area contributed by atoms with Crippen LogP contribution in [0.5, 0.6) is 5.75 Å². The smallest absolute Gasteiger partial charge is 0.261 e. The number of carbonyl (C=O) groups excluding carboxylic acids is 1. The molecule has 122 valence electrons. The molecule has 0 heterocycles. The van der Waals surface area contributed by atoms with E-state index in [-0.39, 0.29) is 17.8 Å². The van der Waals surface area contributed by atoms with Crippen molar-refractivity contribution in [3.8, 4) is 5.75 Å². The highest BCUT2D eigenvalue weighted by Crippen LogP contribution is 2.26. The molecule has 5 heteroatoms. The van der Waals surface area contributed by atoms with E-state index in [0.29, 0.717) is 5.75 Å². The molecule has 0 saturated heterocycles. The van der Waals surface area contributed by atoms with Gasteiger partial charge in [0.15, 0.2) is 6.10 Å². The number of nitrogens with one attached hydrogen (secondary N) is 1. The highest BCUT2D eigenvalue weighted by atomic mass is 79.9. The van der Waals surface area contributed by atoms with Crippen LogP contribution in [-0.2, 0) is 4.79 Å². The number of rotatable bonds is 5. The van der Waals surface area contributed by atoms with E-state index in [1.54, 1.807) is 19.1 Å². The summed E-state index contributed by atoms with van der Waals surface area (Å²) < 4.78 is 19.4. The van der Waals surface area contributed by atoms with E-state index in [1.807, 2.05) is 32.0 Å². The van der Waals surface area contributed by atoms with E-state index in [1.165, 1.54) is 12.1 Å². The first-order valence-electron chi connectivity index (χ1n) is 7.35. The summed E-state index contributed by atoms with van der Waals surface area (Å²) in [4.78, 5) is 12.3. The predicted molar refractivity (Wildman–Crippen MR) is 91.9 cm³/mol. The second kappa shape index (κ2) is 7.59. The Kier molecular flexibility index (Phi) is 5.77. The lowest BCUT2D eigenvalue weighted by molar-refractivity contribution is -0.127. The van der Waals surface area contributed by atoms with E-state index in [9.17, 15) is 9.18 Å². The molecule has 2 rings (SSSR count). The van der Waals surface area contributed by atoms with Crippen LogP contribution >= 0.6 is 15.9 Å². The minimum atomic E-state index is -0.642. The molecule has 1 N–H and O–H groups in total. The number of ether oxygens (including phenoxy) is 1. The summed E-state index contributed by atoms with van der Waals surface area (Å²) in [6.07, 6.45) is -0.642. The Hall–Kier alpha value is -1.88. The Balaban J connectivity index is 1.98. The summed E-state index contributed by atoms with van der Waals surface area (Å²) >= 11 is 3.43. The van der Waals surface area contributed by atoms with Crippen molar-refractivity contribution in [1.82, 2.24) is 5.32 Å². The van der Waals surface area contributed by atoms with Gasteiger partial charge in [-0.25, -0.2) is 4.39 Å². The van der Waals surface area contributed by atoms with Crippen molar-refractivity contribution in [1.29, 1.82) is 0 Å². The third kappa shape index (κ3) is 4.79. The number of benzene rings is 2. The molecule has 0 fully saturated rings. The number of hydrogen-bond acceptors (Lipinski definition) is 2. The fourth-order valence-corrected chi connectivity index (χ4v) is 2.70. The van der Waals surface area contributed by atoms with Crippen LogP contribution in [0, 0.1) is 12.7 Å². The van der Waals surface area contributed by atoms with Gasteiger partial charge in [-0.1, -0.05) is 18.2 Å². The first-order chi connectivity index (χ1) is 10.9. The van der Waals surface area contributed by atoms with Gasteiger partial charge in [0, 0.05) is 0 Å². The molecule has 0 saturated carbocycles. The molecular formula is C18H19BrFNO2. The number of carbonyl (C=O) groups is 1. The Labute approximate surface area is 144 Å². The van der Waals surface area contributed by atoms with Crippen LogP contribution in [0.4, 0.5) is 4.39 Å². The highest BCUT2D eigenvalue weighted by Gasteiger charge is 2.18. The normalized spacial score (nSPS) is 13.3. The van der Waals surface area contributed by atoms with E-state index in [0.717, 1.165) is 15.6 Å². The van der Waals surface area contributed by atoms with E-state index < -0.39 is 6.10 Å². The summed E-state index contributed by atoms with van der Waals surface area (Å²) in [5, 5.41) is 2.86. The molecular weight excluding hydrogens is 361 g/mol. The van der Waals surface area contributed by atoms with Crippen molar-refractivity contribution in [2.75, 3.05) is 0 Å². The van der Waals surface area contributed by atoms with Crippen LogP contribution in [0.15, 0.2) is 46.9 Å². The fraction of sp³-hybridized carbons (Fsp3) is 0.278. The Bertz CT molecular complexity index is 688. The predicted octanol–water partition coefficient (Wildman–Crippen LogP) is 4.54. The van der Waals surface area contributed by atoms with Gasteiger partial charge >= 0.3 is 0 Å². The third-order valence-electron chi connectivity index (χ3n) is 3.49. The second-order valence-electron chi connectivity index (χ2n) is 5.48. The molecule has 0 aliphatic heterocycles. The van der Waals surface area contributed by atoms with Gasteiger partial charge in [-0.2, -0.15) is 0 Å². The zero-order chi connectivity index (χ0) is 17.0. The Morgan fingerprint density at radius 1 is 1.17 bits per heavy atom. The van der Waals surface area contributed by atoms with Gasteiger partial charge in [0.05, 0.1) is 10.5 Å². The monoisotopic (exact) mass is 379 g/mol. The summed E-state index contributed by atoms with van der Waals surface area (Å²) in [6.45, 7) is 5.52. The van der Waals surface area contributed by atoms with Crippen LogP contribution in [0.25, 0.3) is 0 Å². The lowest BCUT2D eigenvalue weighted by atomic mass is 10.1. The van der Waals surface area contributed by atoms with Crippen LogP contribution < -0.4 is 10.1 Å². The second-order valence-corrected chi connectivity index (χ2v) is 6.33. The Morgan fingerprint density at radius 3 is 2.43 bits per heavy atom. The standard InChI is InChI=1S/C18H19BrFNO2/c1-11-4-9-17(16(19)10-11)23-13(3)18(22)21-12(2)14-5-7-15(20)8-6-14/h4-10,12-13H,1-3H3,(H,21,22)/t12-,13+/m0/s1. The molecule has 2 aromatic carbocycles. The third-order valence-corrected chi connectivity index (χ3v) is 4.11. The van der Waals surface area contributed by atoms with Crippen molar-refractivity contribution in [2.45, 2.75) is 32.9 Å². The zero-order valence-electron chi connectivity index (χ0n) is 13.3. The highest BCUT2D eigenvalue weighted by molar-refractivity contribution is 9.10. The van der Waals surface area contributed by atoms with Gasteiger partial charge in [0.1, 0.15) is 11.6 Å². The van der Waals surface area contributed by atoms with E-state index in [2.05, 4.69) is 21.2 Å². The van der Waals surface area contributed by atoms with E-state index >= 15 is 0 Å². The number of hydrogen-bond donors (Lipinski definition) is 1. The Morgan fingerprint density at radius 2 is 1.83 bits per heavy atom. The first-order valence-corrected chi connectivity index (χ1v) is 8.15. The molecule has 0 radical (unpaired) electrons. The molecule has 0 aliphatic carbocycles. The molecule has 0 bridgehead atoms. The summed E-state index contributed by atoms with van der Waals surface area (Å²) in [5.74, 6) is 0.0928. The minimum Gasteiger partial charge on any atom is -0.480 e. The molecule has 0 aromatic heterocycles. The van der Waals surface area contributed by atoms with Crippen molar-refractivity contribution in [3.05, 3.63) is 63.9 Å². The van der Waals surface area contributed by atoms with Crippen molar-refractivity contribution >= 4 is 21.8 Å². The minimum absolute atomic E-state index is 0.226. The van der Waals surface area contributed by atoms with Crippen molar-refractivity contribution in [3.63, 3.8) is 0 Å². The summed E-state index contributed by atoms with van der Waals surface area (Å²) in [7, 11) is 0. The lowest BCUT2D eigenvalue weighted by Gasteiger charge is -2.19. The van der Waals surface area contributed by atoms with Crippen LogP contribution in [0.3, 0.4) is 0 Å². The molecule has 0 spiro atoms. The SMILES string of the molecule is Cc1ccc(O[C@H](C)C(=O)N[C@@H](C)c2ccc(F)cc2)c(Br)c1. The summed E-state index contributed by atoms with van der Waals surface area (Å²) in [5.41, 5.74) is 1.94. The van der Waals surface area contributed by atoms with Gasteiger partial charge in [-0.3, -0.25) is 4.79 Å². The molecule has 3 nitrogen and oxygen atoms in total. The maximum atomic E-state index is 12.9. The number of amides is 1. The molecule has 23 heavy (non-hydrogen) atoms. The average Bonchev–Trinajstić information content (AvgIpc) is 2.50. The van der Waals surface area contributed by atoms with E-state index in [4.69, 9.17) is 4.74 Å². The number of halogens is 2. The van der Waals surface area contributed by atoms with Crippen LogP contribution in [0.1, 0.15) is 31.0 Å². The maximum Gasteiger partial charge on any atom is 0.261 e. The van der Waals surface area contributed by atoms with Gasteiger partial charge in [0.25, 0.3) is 5.91 Å². The van der Waals surface area contributed by atoms with Crippen LogP contribution in [0.2, 0.25) is 0 Å². The molecule has 1 amide bonds. The van der Waals surface area contributed by atoms with Gasteiger partial charge in [0.2, 0.25) is 0 Å². The molecule has 0 unspecified atom stereocenters. The lowest BCUT2D eigenvalue weighted by Crippen LogP contribution is -2.37. The maximum absolute atomic E-state index is 12.9.